The van der Waals surface area contributed by atoms with Gasteiger partial charge in [-0.1, -0.05) is 147 Å². The molecule has 0 N–H and O–H groups in total. The molecule has 0 spiro atoms. The molecular formula is C46H61FO5. The number of benzene rings is 3. The topological polar surface area (TPSA) is 61.8 Å². The summed E-state index contributed by atoms with van der Waals surface area (Å²) >= 11 is 0. The van der Waals surface area contributed by atoms with Gasteiger partial charge in [0, 0.05) is 12.0 Å². The fourth-order valence-corrected chi connectivity index (χ4v) is 6.11. The molecule has 3 rings (SSSR count). The number of unbranched alkanes of at least 4 members (excludes halogenated alkanes) is 16. The Morgan fingerprint density at radius 2 is 1.13 bits per heavy atom. The van der Waals surface area contributed by atoms with E-state index < -0.39 is 11.8 Å². The van der Waals surface area contributed by atoms with Crippen LogP contribution in [0, 0.1) is 17.7 Å². The molecule has 0 amide bonds. The molecule has 6 heteroatoms. The van der Waals surface area contributed by atoms with Crippen LogP contribution in [0.2, 0.25) is 0 Å². The maximum Gasteiger partial charge on any atom is 0.390 e. The Kier molecular flexibility index (Phi) is 21.0. The highest BCUT2D eigenvalue weighted by Gasteiger charge is 2.12. The zero-order chi connectivity index (χ0) is 37.2. The van der Waals surface area contributed by atoms with Crippen LogP contribution in [0.25, 0.3) is 11.1 Å². The van der Waals surface area contributed by atoms with Crippen LogP contribution in [-0.4, -0.2) is 24.6 Å². The maximum absolute atomic E-state index is 14.7. The molecule has 0 unspecified atom stereocenters. The van der Waals surface area contributed by atoms with Gasteiger partial charge in [0.1, 0.15) is 17.3 Å². The van der Waals surface area contributed by atoms with E-state index in [1.165, 1.54) is 102 Å². The van der Waals surface area contributed by atoms with Gasteiger partial charge in [-0.25, -0.2) is 14.0 Å². The smallest absolute Gasteiger partial charge is 0.390 e. The van der Waals surface area contributed by atoms with E-state index in [2.05, 4.69) is 25.7 Å². The minimum Gasteiger partial charge on any atom is -0.493 e. The van der Waals surface area contributed by atoms with E-state index in [0.717, 1.165) is 43.2 Å². The average Bonchev–Trinajstić information content (AvgIpc) is 3.15. The number of halogens is 1. The molecule has 3 aromatic carbocycles. The first-order valence-corrected chi connectivity index (χ1v) is 20.0. The van der Waals surface area contributed by atoms with Gasteiger partial charge in [0.05, 0.1) is 23.8 Å². The molecule has 0 aliphatic rings. The van der Waals surface area contributed by atoms with Gasteiger partial charge in [0.2, 0.25) is 0 Å². The van der Waals surface area contributed by atoms with Crippen LogP contribution in [0.4, 0.5) is 4.39 Å². The first-order chi connectivity index (χ1) is 25.4. The molecule has 5 nitrogen and oxygen atoms in total. The average molecular weight is 713 g/mol. The first kappa shape index (κ1) is 42.3. The lowest BCUT2D eigenvalue weighted by molar-refractivity contribution is -0.128. The lowest BCUT2D eigenvalue weighted by Gasteiger charge is -2.13. The summed E-state index contributed by atoms with van der Waals surface area (Å²) in [6, 6.07) is 18.7. The van der Waals surface area contributed by atoms with Crippen molar-refractivity contribution in [2.75, 3.05) is 6.61 Å². The summed E-state index contributed by atoms with van der Waals surface area (Å²) in [6.07, 6.45) is 23.5. The number of esters is 2. The van der Waals surface area contributed by atoms with Gasteiger partial charge in [0.15, 0.2) is 0 Å². The van der Waals surface area contributed by atoms with Crippen molar-refractivity contribution >= 4 is 11.9 Å². The van der Waals surface area contributed by atoms with Gasteiger partial charge in [-0.2, -0.15) is 0 Å². The van der Waals surface area contributed by atoms with Crippen LogP contribution in [0.5, 0.6) is 11.5 Å². The van der Waals surface area contributed by atoms with Gasteiger partial charge in [0.25, 0.3) is 0 Å². The molecular weight excluding hydrogens is 651 g/mol. The van der Waals surface area contributed by atoms with Crippen molar-refractivity contribution in [3.63, 3.8) is 0 Å². The molecule has 282 valence electrons. The van der Waals surface area contributed by atoms with Gasteiger partial charge < -0.3 is 14.2 Å². The zero-order valence-electron chi connectivity index (χ0n) is 32.0. The summed E-state index contributed by atoms with van der Waals surface area (Å²) in [6.45, 7) is 6.92. The van der Waals surface area contributed by atoms with Crippen LogP contribution in [-0.2, 0) is 9.53 Å². The highest BCUT2D eigenvalue weighted by atomic mass is 19.1. The minimum absolute atomic E-state index is 0.102. The molecule has 0 saturated carbocycles. The summed E-state index contributed by atoms with van der Waals surface area (Å²) in [5.41, 5.74) is 2.41. The van der Waals surface area contributed by atoms with Crippen molar-refractivity contribution in [3.05, 3.63) is 83.7 Å². The van der Waals surface area contributed by atoms with Crippen LogP contribution < -0.4 is 9.47 Å². The third kappa shape index (κ3) is 17.4. The Balaban J connectivity index is 1.32. The molecule has 0 saturated heterocycles. The Hall–Kier alpha value is -4.11. The molecule has 0 radical (unpaired) electrons. The molecule has 3 aromatic rings. The molecule has 0 fully saturated rings. The van der Waals surface area contributed by atoms with E-state index in [0.29, 0.717) is 23.7 Å². The third-order valence-corrected chi connectivity index (χ3v) is 9.30. The maximum atomic E-state index is 14.7. The second kappa shape index (κ2) is 25.8. The third-order valence-electron chi connectivity index (χ3n) is 9.30. The summed E-state index contributed by atoms with van der Waals surface area (Å²) in [7, 11) is 0. The Morgan fingerprint density at radius 3 is 1.69 bits per heavy atom. The molecule has 0 aromatic heterocycles. The van der Waals surface area contributed by atoms with E-state index in [1.807, 2.05) is 31.2 Å². The number of hydrogen-bond donors (Lipinski definition) is 0. The Morgan fingerprint density at radius 1 is 0.635 bits per heavy atom. The fraction of sp³-hybridized carbons (Fsp3) is 0.522. The summed E-state index contributed by atoms with van der Waals surface area (Å²) in [5.74, 6) is 4.06. The van der Waals surface area contributed by atoms with E-state index in [-0.39, 0.29) is 17.6 Å². The van der Waals surface area contributed by atoms with Crippen molar-refractivity contribution in [1.29, 1.82) is 0 Å². The molecule has 0 bridgehead atoms. The number of rotatable bonds is 25. The number of ether oxygens (including phenoxy) is 3. The predicted molar refractivity (Wildman–Crippen MR) is 210 cm³/mol. The minimum atomic E-state index is -0.785. The van der Waals surface area contributed by atoms with Gasteiger partial charge >= 0.3 is 11.9 Å². The normalized spacial score (nSPS) is 11.4. The standard InChI is InChI=1S/C46H61FO5/c1-4-6-8-10-11-12-13-14-15-16-17-18-19-21-35-50-43-33-29-40(44(47)36-43)30-34-45(48)52-42-31-27-39(28-32-42)38-23-25-41(26-24-38)46(49)51-37(3)22-20-9-7-5-2/h23-29,31-33,36-37H,4-22,35H2,1-3H3/t37-/m1/s1. The van der Waals surface area contributed by atoms with Crippen molar-refractivity contribution in [3.8, 4) is 34.5 Å². The van der Waals surface area contributed by atoms with Crippen LogP contribution >= 0.6 is 0 Å². The van der Waals surface area contributed by atoms with Gasteiger partial charge in [-0.3, -0.25) is 0 Å². The highest BCUT2D eigenvalue weighted by Crippen LogP contribution is 2.24. The zero-order valence-corrected chi connectivity index (χ0v) is 32.0. The van der Waals surface area contributed by atoms with Gasteiger partial charge in [-0.05, 0) is 73.7 Å². The van der Waals surface area contributed by atoms with Crippen molar-refractivity contribution in [1.82, 2.24) is 0 Å². The molecule has 0 aliphatic carbocycles. The van der Waals surface area contributed by atoms with Crippen LogP contribution in [0.3, 0.4) is 0 Å². The van der Waals surface area contributed by atoms with E-state index in [1.54, 1.807) is 30.3 Å². The fourth-order valence-electron chi connectivity index (χ4n) is 6.11. The summed E-state index contributed by atoms with van der Waals surface area (Å²) in [4.78, 5) is 24.9. The number of carbonyl (C=O) groups is 2. The molecule has 0 aliphatic heterocycles. The quantitative estimate of drug-likeness (QED) is 0.0379. The molecule has 0 heterocycles. The van der Waals surface area contributed by atoms with E-state index in [9.17, 15) is 14.0 Å². The van der Waals surface area contributed by atoms with Crippen LogP contribution in [0.1, 0.15) is 159 Å². The second-order valence-corrected chi connectivity index (χ2v) is 13.9. The highest BCUT2D eigenvalue weighted by molar-refractivity contribution is 5.91. The second-order valence-electron chi connectivity index (χ2n) is 13.9. The number of hydrogen-bond acceptors (Lipinski definition) is 5. The Bertz CT molecular complexity index is 1500. The van der Waals surface area contributed by atoms with Crippen molar-refractivity contribution < 1.29 is 28.2 Å². The van der Waals surface area contributed by atoms with E-state index in [4.69, 9.17) is 14.2 Å². The predicted octanol–water partition coefficient (Wildman–Crippen LogP) is 12.8. The summed E-state index contributed by atoms with van der Waals surface area (Å²) in [5, 5.41) is 0. The summed E-state index contributed by atoms with van der Waals surface area (Å²) < 4.78 is 31.3. The number of carbonyl (C=O) groups excluding carboxylic acids is 2. The molecule has 52 heavy (non-hydrogen) atoms. The lowest BCUT2D eigenvalue weighted by atomic mass is 10.0. The van der Waals surface area contributed by atoms with Crippen molar-refractivity contribution in [2.24, 2.45) is 0 Å². The van der Waals surface area contributed by atoms with E-state index >= 15 is 0 Å². The monoisotopic (exact) mass is 712 g/mol. The van der Waals surface area contributed by atoms with Crippen LogP contribution in [0.15, 0.2) is 66.7 Å². The largest absolute Gasteiger partial charge is 0.493 e. The first-order valence-electron chi connectivity index (χ1n) is 20.0. The van der Waals surface area contributed by atoms with Crippen molar-refractivity contribution in [2.45, 2.75) is 149 Å². The lowest BCUT2D eigenvalue weighted by Crippen LogP contribution is -2.15. The SMILES string of the molecule is CCCCCCCCCCCCCCCCOc1ccc(C#CC(=O)Oc2ccc(-c3ccc(C(=O)O[C@H](C)CCCCCC)cc3)cc2)c(F)c1. The van der Waals surface area contributed by atoms with Gasteiger partial charge in [-0.15, -0.1) is 0 Å². The Labute approximate surface area is 313 Å². The molecule has 1 atom stereocenters.